The molecule has 10 nitrogen and oxygen atoms in total. The molecule has 3 aromatic carbocycles. The van der Waals surface area contributed by atoms with Crippen molar-refractivity contribution in [2.75, 3.05) is 29.4 Å². The maximum Gasteiger partial charge on any atom is 0.264 e. The molecule has 0 unspecified atom stereocenters. The Morgan fingerprint density at radius 1 is 1.03 bits per heavy atom. The van der Waals surface area contributed by atoms with Crippen LogP contribution in [-0.4, -0.2) is 39.9 Å². The minimum atomic E-state index is -0.212. The number of hydrogen-bond donors (Lipinski definition) is 3. The predicted molar refractivity (Wildman–Crippen MR) is 137 cm³/mol. The number of nitrogens with one attached hydrogen (secondary N) is 2. The average molecular weight is 490 g/mol. The second-order valence-electron chi connectivity index (χ2n) is 7.10. The van der Waals surface area contributed by atoms with Crippen LogP contribution in [0.2, 0.25) is 0 Å². The van der Waals surface area contributed by atoms with Crippen LogP contribution in [0.3, 0.4) is 0 Å². The van der Waals surface area contributed by atoms with E-state index in [1.807, 2.05) is 54.6 Å². The van der Waals surface area contributed by atoms with Crippen molar-refractivity contribution in [1.29, 1.82) is 0 Å². The van der Waals surface area contributed by atoms with Crippen molar-refractivity contribution in [3.63, 3.8) is 0 Å². The van der Waals surface area contributed by atoms with Crippen molar-refractivity contribution in [3.05, 3.63) is 84.4 Å². The molecule has 0 aliphatic rings. The van der Waals surface area contributed by atoms with Gasteiger partial charge in [0, 0.05) is 11.8 Å². The number of amides is 1. The number of carbonyl (C=O) groups excluding carboxylic acids is 1. The number of hydrogen-bond acceptors (Lipinski definition) is 9. The molecular weight excluding hydrogens is 466 g/mol. The Kier molecular flexibility index (Phi) is 7.81. The summed E-state index contributed by atoms with van der Waals surface area (Å²) in [4.78, 5) is 12.3. The van der Waals surface area contributed by atoms with E-state index in [0.717, 1.165) is 23.1 Å². The first kappa shape index (κ1) is 23.6. The molecule has 0 atom stereocenters. The number of nitrogens with zero attached hydrogens (tertiary/aromatic N) is 4. The number of benzene rings is 3. The van der Waals surface area contributed by atoms with Gasteiger partial charge in [0.1, 0.15) is 17.2 Å². The highest BCUT2D eigenvalue weighted by Crippen LogP contribution is 2.22. The van der Waals surface area contributed by atoms with Crippen molar-refractivity contribution in [1.82, 2.24) is 14.9 Å². The van der Waals surface area contributed by atoms with Gasteiger partial charge in [0.25, 0.3) is 5.95 Å². The number of methoxy groups -OCH3 is 1. The van der Waals surface area contributed by atoms with Gasteiger partial charge in [-0.3, -0.25) is 4.79 Å². The van der Waals surface area contributed by atoms with Gasteiger partial charge in [0.15, 0.2) is 0 Å². The Hall–Kier alpha value is -4.51. The molecule has 1 amide bonds. The van der Waals surface area contributed by atoms with Gasteiger partial charge >= 0.3 is 0 Å². The van der Waals surface area contributed by atoms with Gasteiger partial charge in [0.05, 0.1) is 19.1 Å². The third-order valence-corrected chi connectivity index (χ3v) is 5.51. The molecule has 0 aliphatic heterocycles. The fourth-order valence-electron chi connectivity index (χ4n) is 2.93. The first-order chi connectivity index (χ1) is 17.1. The van der Waals surface area contributed by atoms with E-state index in [-0.39, 0.29) is 17.6 Å². The quantitative estimate of drug-likeness (QED) is 0.132. The number of ether oxygens (including phenoxy) is 2. The van der Waals surface area contributed by atoms with E-state index in [1.165, 1.54) is 4.68 Å². The molecule has 0 aliphatic carbocycles. The van der Waals surface area contributed by atoms with Crippen LogP contribution >= 0.6 is 11.8 Å². The minimum absolute atomic E-state index is 0.101. The Morgan fingerprint density at radius 3 is 2.63 bits per heavy atom. The molecule has 1 heterocycles. The summed E-state index contributed by atoms with van der Waals surface area (Å²) < 4.78 is 12.2. The molecule has 0 bridgehead atoms. The van der Waals surface area contributed by atoms with Crippen LogP contribution in [0.25, 0.3) is 0 Å². The number of para-hydroxylation sites is 1. The largest absolute Gasteiger partial charge is 0.497 e. The van der Waals surface area contributed by atoms with E-state index >= 15 is 0 Å². The Bertz CT molecular complexity index is 1310. The second kappa shape index (κ2) is 11.6. The Balaban J connectivity index is 1.29. The van der Waals surface area contributed by atoms with Gasteiger partial charge in [-0.1, -0.05) is 48.2 Å². The first-order valence-electron chi connectivity index (χ1n) is 10.5. The molecule has 11 heteroatoms. The molecule has 4 N–H and O–H groups in total. The molecule has 35 heavy (non-hydrogen) atoms. The van der Waals surface area contributed by atoms with Crippen LogP contribution < -0.4 is 26.1 Å². The third kappa shape index (κ3) is 6.74. The van der Waals surface area contributed by atoms with Crippen LogP contribution in [0.1, 0.15) is 5.56 Å². The normalized spacial score (nSPS) is 10.8. The summed E-state index contributed by atoms with van der Waals surface area (Å²) in [6.07, 6.45) is 1.61. The average Bonchev–Trinajstić information content (AvgIpc) is 3.23. The zero-order valence-corrected chi connectivity index (χ0v) is 19.6. The molecule has 0 saturated carbocycles. The summed E-state index contributed by atoms with van der Waals surface area (Å²) in [5.74, 6) is 8.25. The topological polar surface area (TPSA) is 129 Å². The number of aromatic nitrogens is 3. The summed E-state index contributed by atoms with van der Waals surface area (Å²) in [6.45, 7) is 0. The Morgan fingerprint density at radius 2 is 1.80 bits per heavy atom. The van der Waals surface area contributed by atoms with E-state index in [0.29, 0.717) is 22.3 Å². The van der Waals surface area contributed by atoms with Gasteiger partial charge in [-0.05, 0) is 42.0 Å². The molecule has 1 aromatic heterocycles. The highest BCUT2D eigenvalue weighted by molar-refractivity contribution is 7.99. The monoisotopic (exact) mass is 489 g/mol. The molecule has 0 fully saturated rings. The van der Waals surface area contributed by atoms with Crippen molar-refractivity contribution >= 4 is 35.5 Å². The standard InChI is InChI=1S/C24H23N7O3S/c1-33-20-11-6-8-18(14-20)27-22(32)16-35-24-30-29-23(31(24)25)28-26-15-17-7-5-12-21(13-17)34-19-9-3-2-4-10-19/h2-15H,16,25H2,1H3,(H,27,32)(H,28,29)/b26-15+. The van der Waals surface area contributed by atoms with Crippen molar-refractivity contribution < 1.29 is 14.3 Å². The maximum absolute atomic E-state index is 12.3. The van der Waals surface area contributed by atoms with Crippen LogP contribution in [0.15, 0.2) is 89.1 Å². The molecule has 178 valence electrons. The Labute approximate surface area is 206 Å². The lowest BCUT2D eigenvalue weighted by atomic mass is 10.2. The smallest absolute Gasteiger partial charge is 0.264 e. The lowest BCUT2D eigenvalue weighted by molar-refractivity contribution is -0.113. The van der Waals surface area contributed by atoms with E-state index in [9.17, 15) is 4.79 Å². The predicted octanol–water partition coefficient (Wildman–Crippen LogP) is 3.97. The highest BCUT2D eigenvalue weighted by Gasteiger charge is 2.12. The van der Waals surface area contributed by atoms with Gasteiger partial charge < -0.3 is 20.6 Å². The lowest BCUT2D eigenvalue weighted by Crippen LogP contribution is -2.16. The summed E-state index contributed by atoms with van der Waals surface area (Å²) in [7, 11) is 1.57. The number of thioether (sulfide) groups is 1. The summed E-state index contributed by atoms with van der Waals surface area (Å²) in [6, 6.07) is 24.1. The minimum Gasteiger partial charge on any atom is -0.497 e. The van der Waals surface area contributed by atoms with E-state index in [2.05, 4.69) is 26.0 Å². The number of anilines is 2. The van der Waals surface area contributed by atoms with Gasteiger partial charge in [-0.25, -0.2) is 10.1 Å². The van der Waals surface area contributed by atoms with Gasteiger partial charge in [-0.15, -0.1) is 10.2 Å². The van der Waals surface area contributed by atoms with Crippen molar-refractivity contribution in [2.24, 2.45) is 5.10 Å². The number of carbonyl (C=O) groups is 1. The van der Waals surface area contributed by atoms with Crippen LogP contribution in [0, 0.1) is 0 Å². The lowest BCUT2D eigenvalue weighted by Gasteiger charge is -2.07. The van der Waals surface area contributed by atoms with E-state index in [1.54, 1.807) is 37.6 Å². The second-order valence-corrected chi connectivity index (χ2v) is 8.05. The van der Waals surface area contributed by atoms with Gasteiger partial charge in [-0.2, -0.15) is 5.10 Å². The molecule has 0 radical (unpaired) electrons. The summed E-state index contributed by atoms with van der Waals surface area (Å²) in [5, 5.41) is 15.3. The SMILES string of the molecule is COc1cccc(NC(=O)CSc2nnc(N/N=C/c3cccc(Oc4ccccc4)c3)n2N)c1. The summed E-state index contributed by atoms with van der Waals surface area (Å²) >= 11 is 1.15. The molecule has 0 spiro atoms. The summed E-state index contributed by atoms with van der Waals surface area (Å²) in [5.41, 5.74) is 4.21. The third-order valence-electron chi connectivity index (χ3n) is 4.57. The van der Waals surface area contributed by atoms with Crippen molar-refractivity contribution in [3.8, 4) is 17.2 Å². The maximum atomic E-state index is 12.3. The van der Waals surface area contributed by atoms with E-state index in [4.69, 9.17) is 15.3 Å². The van der Waals surface area contributed by atoms with Crippen molar-refractivity contribution in [2.45, 2.75) is 5.16 Å². The van der Waals surface area contributed by atoms with Gasteiger partial charge in [0.2, 0.25) is 11.1 Å². The van der Waals surface area contributed by atoms with Crippen LogP contribution in [0.5, 0.6) is 17.2 Å². The fourth-order valence-corrected chi connectivity index (χ4v) is 3.58. The van der Waals surface area contributed by atoms with Crippen LogP contribution in [-0.2, 0) is 4.79 Å². The highest BCUT2D eigenvalue weighted by atomic mass is 32.2. The number of hydrazone groups is 1. The molecule has 0 saturated heterocycles. The number of rotatable bonds is 10. The molecule has 4 aromatic rings. The zero-order valence-electron chi connectivity index (χ0n) is 18.8. The zero-order chi connectivity index (χ0) is 24.5. The number of nitrogen functional groups attached to an aromatic ring is 1. The fraction of sp³-hybridized carbons (Fsp3) is 0.0833. The van der Waals surface area contributed by atoms with E-state index < -0.39 is 0 Å². The number of nitrogens with two attached hydrogens (primary N) is 1. The first-order valence-corrected chi connectivity index (χ1v) is 11.5. The molecular formula is C24H23N7O3S. The molecule has 4 rings (SSSR count). The van der Waals surface area contributed by atoms with Crippen LogP contribution in [0.4, 0.5) is 11.6 Å².